The molecule has 2 rings (SSSR count). The highest BCUT2D eigenvalue weighted by molar-refractivity contribution is 7.09. The Labute approximate surface area is 134 Å². The number of carboxylic acids is 1. The number of allylic oxidation sites excluding steroid dienone is 1. The van der Waals surface area contributed by atoms with Crippen LogP contribution >= 0.6 is 11.3 Å². The van der Waals surface area contributed by atoms with Crippen molar-refractivity contribution in [1.82, 2.24) is 4.57 Å². The van der Waals surface area contributed by atoms with Crippen LogP contribution in [0.1, 0.15) is 30.3 Å². The second-order valence-electron chi connectivity index (χ2n) is 5.38. The molecule has 0 saturated heterocycles. The fourth-order valence-corrected chi connectivity index (χ4v) is 3.36. The Morgan fingerprint density at radius 3 is 2.59 bits per heavy atom. The van der Waals surface area contributed by atoms with Crippen LogP contribution in [0.15, 0.2) is 47.5 Å². The molecular formula is C17H20N2O2S. The summed E-state index contributed by atoms with van der Waals surface area (Å²) >= 11 is 1.43. The van der Waals surface area contributed by atoms with E-state index in [9.17, 15) is 9.90 Å². The van der Waals surface area contributed by atoms with Crippen molar-refractivity contribution in [3.05, 3.63) is 57.9 Å². The molecule has 116 valence electrons. The average molecular weight is 316 g/mol. The molecule has 0 aliphatic carbocycles. The fourth-order valence-electron chi connectivity index (χ4n) is 2.17. The lowest BCUT2D eigenvalue weighted by Crippen LogP contribution is -2.17. The van der Waals surface area contributed by atoms with Crippen molar-refractivity contribution in [2.75, 3.05) is 0 Å². The highest BCUT2D eigenvalue weighted by Crippen LogP contribution is 2.24. The van der Waals surface area contributed by atoms with Gasteiger partial charge >= 0.3 is 5.97 Å². The molecule has 0 aliphatic rings. The lowest BCUT2D eigenvalue weighted by Gasteiger charge is -2.08. The Bertz CT molecular complexity index is 757. The van der Waals surface area contributed by atoms with Gasteiger partial charge in [-0.05, 0) is 32.9 Å². The average Bonchev–Trinajstić information content (AvgIpc) is 2.76. The van der Waals surface area contributed by atoms with Gasteiger partial charge in [0.2, 0.25) is 0 Å². The van der Waals surface area contributed by atoms with Gasteiger partial charge in [-0.15, -0.1) is 11.3 Å². The maximum atomic E-state index is 11.3. The Morgan fingerprint density at radius 1 is 1.41 bits per heavy atom. The van der Waals surface area contributed by atoms with Crippen LogP contribution in [0.25, 0.3) is 0 Å². The maximum Gasteiger partial charge on any atom is 0.311 e. The van der Waals surface area contributed by atoms with E-state index in [4.69, 9.17) is 0 Å². The quantitative estimate of drug-likeness (QED) is 0.852. The number of hydrogen-bond donors (Lipinski definition) is 1. The lowest BCUT2D eigenvalue weighted by atomic mass is 10.1. The predicted molar refractivity (Wildman–Crippen MR) is 89.6 cm³/mol. The minimum Gasteiger partial charge on any atom is -0.481 e. The number of para-hydroxylation sites is 1. The van der Waals surface area contributed by atoms with Gasteiger partial charge in [-0.25, -0.2) is 4.99 Å². The molecule has 2 aromatic rings. The fraction of sp³-hybridized carbons (Fsp3) is 0.294. The van der Waals surface area contributed by atoms with Crippen LogP contribution in [0.3, 0.4) is 0 Å². The number of aromatic nitrogens is 1. The van der Waals surface area contributed by atoms with Crippen molar-refractivity contribution in [2.24, 2.45) is 4.99 Å². The van der Waals surface area contributed by atoms with Crippen molar-refractivity contribution in [3.8, 4) is 0 Å². The van der Waals surface area contributed by atoms with Gasteiger partial charge in [0, 0.05) is 17.1 Å². The largest absolute Gasteiger partial charge is 0.481 e. The molecule has 0 saturated carbocycles. The molecule has 0 spiro atoms. The zero-order valence-electron chi connectivity index (χ0n) is 13.0. The third-order valence-corrected chi connectivity index (χ3v) is 4.73. The summed E-state index contributed by atoms with van der Waals surface area (Å²) in [6.07, 6.45) is 0. The molecule has 1 unspecified atom stereocenters. The van der Waals surface area contributed by atoms with Crippen LogP contribution in [0, 0.1) is 6.92 Å². The van der Waals surface area contributed by atoms with E-state index in [0.717, 1.165) is 26.6 Å². The summed E-state index contributed by atoms with van der Waals surface area (Å²) in [5, 5.41) is 9.28. The first kappa shape index (κ1) is 16.2. The summed E-state index contributed by atoms with van der Waals surface area (Å²) < 4.78 is 2.04. The van der Waals surface area contributed by atoms with Gasteiger partial charge in [0.05, 0.1) is 11.6 Å². The molecule has 22 heavy (non-hydrogen) atoms. The van der Waals surface area contributed by atoms with E-state index >= 15 is 0 Å². The van der Waals surface area contributed by atoms with Crippen LogP contribution < -0.4 is 4.80 Å². The third kappa shape index (κ3) is 3.54. The Kier molecular flexibility index (Phi) is 4.98. The van der Waals surface area contributed by atoms with Crippen LogP contribution in [0.2, 0.25) is 0 Å². The van der Waals surface area contributed by atoms with E-state index in [1.165, 1.54) is 11.3 Å². The molecule has 1 N–H and O–H groups in total. The standard InChI is InChI=1S/C17H20N2O2S/c1-11(2)10-19-13(4)15(12(3)16(20)21)22-17(19)18-14-8-6-5-7-9-14/h5-9,12H,1,10H2,2-4H3,(H,20,21)/b18-17+. The van der Waals surface area contributed by atoms with Gasteiger partial charge < -0.3 is 9.67 Å². The monoisotopic (exact) mass is 316 g/mol. The maximum absolute atomic E-state index is 11.3. The van der Waals surface area contributed by atoms with Crippen LogP contribution in [-0.2, 0) is 11.3 Å². The van der Waals surface area contributed by atoms with Crippen molar-refractivity contribution < 1.29 is 9.90 Å². The Balaban J connectivity index is 2.61. The molecule has 0 amide bonds. The number of aliphatic carboxylic acids is 1. The summed E-state index contributed by atoms with van der Waals surface area (Å²) in [6, 6.07) is 9.67. The predicted octanol–water partition coefficient (Wildman–Crippen LogP) is 3.85. The number of benzene rings is 1. The Hall–Kier alpha value is -2.14. The van der Waals surface area contributed by atoms with Gasteiger partial charge in [0.15, 0.2) is 4.80 Å². The number of hydrogen-bond acceptors (Lipinski definition) is 3. The molecule has 0 aliphatic heterocycles. The van der Waals surface area contributed by atoms with Gasteiger partial charge in [-0.1, -0.05) is 30.4 Å². The summed E-state index contributed by atoms with van der Waals surface area (Å²) in [7, 11) is 0. The zero-order valence-corrected chi connectivity index (χ0v) is 13.9. The second kappa shape index (κ2) is 6.75. The molecule has 1 aromatic heterocycles. The molecule has 1 atom stereocenters. The van der Waals surface area contributed by atoms with E-state index in [-0.39, 0.29) is 0 Å². The second-order valence-corrected chi connectivity index (χ2v) is 6.39. The van der Waals surface area contributed by atoms with Crippen molar-refractivity contribution in [3.63, 3.8) is 0 Å². The minimum atomic E-state index is -0.821. The zero-order chi connectivity index (χ0) is 16.3. The number of rotatable bonds is 5. The first-order valence-electron chi connectivity index (χ1n) is 7.07. The van der Waals surface area contributed by atoms with Crippen molar-refractivity contribution in [1.29, 1.82) is 0 Å². The lowest BCUT2D eigenvalue weighted by molar-refractivity contribution is -0.138. The summed E-state index contributed by atoms with van der Waals surface area (Å²) in [5.74, 6) is -1.36. The van der Waals surface area contributed by atoms with Crippen molar-refractivity contribution in [2.45, 2.75) is 33.2 Å². The molecule has 4 nitrogen and oxygen atoms in total. The summed E-state index contributed by atoms with van der Waals surface area (Å²) in [5.41, 5.74) is 2.80. The van der Waals surface area contributed by atoms with Gasteiger partial charge in [0.25, 0.3) is 0 Å². The number of thiazole rings is 1. The van der Waals surface area contributed by atoms with Gasteiger partial charge in [-0.2, -0.15) is 0 Å². The number of carbonyl (C=O) groups is 1. The highest BCUT2D eigenvalue weighted by Gasteiger charge is 2.21. The van der Waals surface area contributed by atoms with E-state index in [1.54, 1.807) is 6.92 Å². The van der Waals surface area contributed by atoms with Crippen LogP contribution in [-0.4, -0.2) is 15.6 Å². The summed E-state index contributed by atoms with van der Waals surface area (Å²) in [4.78, 5) is 17.6. The van der Waals surface area contributed by atoms with Crippen LogP contribution in [0.5, 0.6) is 0 Å². The molecular weight excluding hydrogens is 296 g/mol. The molecule has 1 heterocycles. The molecule has 1 aromatic carbocycles. The molecule has 0 bridgehead atoms. The third-order valence-electron chi connectivity index (χ3n) is 3.37. The van der Waals surface area contributed by atoms with E-state index in [1.807, 2.05) is 48.7 Å². The normalized spacial score (nSPS) is 13.1. The SMILES string of the molecule is C=C(C)Cn1c(C)c(C(C)C(=O)O)s/c1=N/c1ccccc1. The molecule has 0 fully saturated rings. The smallest absolute Gasteiger partial charge is 0.311 e. The van der Waals surface area contributed by atoms with Crippen LogP contribution in [0.4, 0.5) is 5.69 Å². The molecule has 5 heteroatoms. The first-order valence-corrected chi connectivity index (χ1v) is 7.89. The summed E-state index contributed by atoms with van der Waals surface area (Å²) in [6.45, 7) is 10.2. The highest BCUT2D eigenvalue weighted by atomic mass is 32.1. The Morgan fingerprint density at radius 2 is 2.05 bits per heavy atom. The van der Waals surface area contributed by atoms with E-state index < -0.39 is 11.9 Å². The minimum absolute atomic E-state index is 0.541. The first-order chi connectivity index (χ1) is 10.4. The van der Waals surface area contributed by atoms with Crippen molar-refractivity contribution >= 4 is 23.0 Å². The van der Waals surface area contributed by atoms with E-state index in [0.29, 0.717) is 6.54 Å². The number of carboxylic acid groups (broad SMARTS) is 1. The number of nitrogens with zero attached hydrogens (tertiary/aromatic N) is 2. The molecule has 0 radical (unpaired) electrons. The topological polar surface area (TPSA) is 54.6 Å². The van der Waals surface area contributed by atoms with Gasteiger partial charge in [-0.3, -0.25) is 4.79 Å². The van der Waals surface area contributed by atoms with E-state index in [2.05, 4.69) is 11.6 Å². The van der Waals surface area contributed by atoms with Gasteiger partial charge in [0.1, 0.15) is 0 Å².